The largest absolute Gasteiger partial charge is 0.489 e. The Morgan fingerprint density at radius 2 is 2.11 bits per heavy atom. The molecule has 2 N–H and O–H groups in total. The van der Waals surface area contributed by atoms with Crippen LogP contribution in [-0.2, 0) is 0 Å². The van der Waals surface area contributed by atoms with Crippen LogP contribution < -0.4 is 15.0 Å². The van der Waals surface area contributed by atoms with Gasteiger partial charge in [-0.3, -0.25) is 0 Å². The Hall–Kier alpha value is -1.26. The number of aliphatic hydroxyl groups is 1. The van der Waals surface area contributed by atoms with Gasteiger partial charge in [-0.25, -0.2) is 0 Å². The molecule has 0 saturated carbocycles. The van der Waals surface area contributed by atoms with Crippen molar-refractivity contribution >= 4 is 5.69 Å². The molecule has 1 heterocycles. The van der Waals surface area contributed by atoms with Crippen molar-refractivity contribution in [1.29, 1.82) is 0 Å². The van der Waals surface area contributed by atoms with Crippen molar-refractivity contribution in [3.05, 3.63) is 24.3 Å². The number of ether oxygens (including phenoxy) is 1. The monoisotopic (exact) mass is 264 g/mol. The van der Waals surface area contributed by atoms with Crippen LogP contribution in [0.15, 0.2) is 24.3 Å². The summed E-state index contributed by atoms with van der Waals surface area (Å²) in [4.78, 5) is 2.19. The smallest absolute Gasteiger partial charge is 0.142 e. The van der Waals surface area contributed by atoms with E-state index in [0.717, 1.165) is 24.5 Å². The van der Waals surface area contributed by atoms with Crippen LogP contribution in [0.2, 0.25) is 0 Å². The van der Waals surface area contributed by atoms with E-state index in [1.54, 1.807) is 0 Å². The zero-order valence-electron chi connectivity index (χ0n) is 12.0. The second-order valence-corrected chi connectivity index (χ2v) is 5.73. The first-order chi connectivity index (χ1) is 8.98. The fraction of sp³-hybridized carbons (Fsp3) is 0.600. The number of nitrogens with one attached hydrogen (secondary N) is 1. The highest BCUT2D eigenvalue weighted by Gasteiger charge is 2.27. The van der Waals surface area contributed by atoms with E-state index in [1.807, 2.05) is 39.0 Å². The van der Waals surface area contributed by atoms with Crippen molar-refractivity contribution in [3.63, 3.8) is 0 Å². The predicted molar refractivity (Wildman–Crippen MR) is 77.9 cm³/mol. The molecule has 1 aliphatic heterocycles. The van der Waals surface area contributed by atoms with E-state index in [9.17, 15) is 5.11 Å². The van der Waals surface area contributed by atoms with Crippen molar-refractivity contribution in [2.75, 3.05) is 31.1 Å². The van der Waals surface area contributed by atoms with Gasteiger partial charge in [-0.05, 0) is 32.9 Å². The average molecular weight is 264 g/mol. The molecule has 1 saturated heterocycles. The number of rotatable bonds is 3. The van der Waals surface area contributed by atoms with Gasteiger partial charge in [0, 0.05) is 26.2 Å². The standard InChI is InChI=1S/C15H24N2O2/c1-12(2)19-14-7-5-4-6-13(14)17-9-8-16-10-15(3,18)11-17/h4-7,12,16,18H,8-11H2,1-3H3. The Morgan fingerprint density at radius 1 is 1.37 bits per heavy atom. The molecule has 1 aromatic carbocycles. The highest BCUT2D eigenvalue weighted by Crippen LogP contribution is 2.30. The molecule has 1 atom stereocenters. The second-order valence-electron chi connectivity index (χ2n) is 5.73. The van der Waals surface area contributed by atoms with Gasteiger partial charge in [-0.1, -0.05) is 12.1 Å². The molecule has 1 unspecified atom stereocenters. The molecule has 1 fully saturated rings. The predicted octanol–water partition coefficient (Wildman–Crippen LogP) is 1.63. The lowest BCUT2D eigenvalue weighted by Gasteiger charge is -2.31. The summed E-state index contributed by atoms with van der Waals surface area (Å²) in [6.45, 7) is 8.88. The highest BCUT2D eigenvalue weighted by molar-refractivity contribution is 5.59. The molecule has 0 bridgehead atoms. The molecule has 106 valence electrons. The third-order valence-electron chi connectivity index (χ3n) is 3.16. The van der Waals surface area contributed by atoms with Crippen LogP contribution >= 0.6 is 0 Å². The highest BCUT2D eigenvalue weighted by atomic mass is 16.5. The minimum Gasteiger partial charge on any atom is -0.489 e. The molecule has 2 rings (SSSR count). The van der Waals surface area contributed by atoms with Gasteiger partial charge in [0.05, 0.1) is 17.4 Å². The minimum atomic E-state index is -0.721. The number of anilines is 1. The summed E-state index contributed by atoms with van der Waals surface area (Å²) in [5, 5.41) is 13.6. The zero-order chi connectivity index (χ0) is 13.9. The van der Waals surface area contributed by atoms with Gasteiger partial charge >= 0.3 is 0 Å². The maximum absolute atomic E-state index is 10.3. The van der Waals surface area contributed by atoms with E-state index < -0.39 is 5.60 Å². The van der Waals surface area contributed by atoms with Crippen LogP contribution in [0.25, 0.3) is 0 Å². The number of hydrogen-bond donors (Lipinski definition) is 2. The van der Waals surface area contributed by atoms with E-state index in [0.29, 0.717) is 13.1 Å². The van der Waals surface area contributed by atoms with Crippen molar-refractivity contribution < 1.29 is 9.84 Å². The van der Waals surface area contributed by atoms with Crippen molar-refractivity contribution in [2.45, 2.75) is 32.5 Å². The van der Waals surface area contributed by atoms with E-state index in [4.69, 9.17) is 4.74 Å². The summed E-state index contributed by atoms with van der Waals surface area (Å²) in [6.07, 6.45) is 0.145. The molecule has 1 aliphatic rings. The molecule has 0 aliphatic carbocycles. The molecule has 4 heteroatoms. The SMILES string of the molecule is CC(C)Oc1ccccc1N1CCNCC(C)(O)C1. The number of β-amino-alcohol motifs (C(OH)–C–C–N with tert-alkyl or cyclic N) is 1. The quantitative estimate of drug-likeness (QED) is 0.871. The molecule has 4 nitrogen and oxygen atoms in total. The first kappa shape index (κ1) is 14.2. The van der Waals surface area contributed by atoms with E-state index >= 15 is 0 Å². The zero-order valence-corrected chi connectivity index (χ0v) is 12.0. The number of para-hydroxylation sites is 2. The molecular weight excluding hydrogens is 240 g/mol. The Kier molecular flexibility index (Phi) is 4.32. The fourth-order valence-corrected chi connectivity index (χ4v) is 2.40. The molecule has 0 radical (unpaired) electrons. The van der Waals surface area contributed by atoms with Crippen LogP contribution in [0.1, 0.15) is 20.8 Å². The van der Waals surface area contributed by atoms with Crippen LogP contribution in [0.3, 0.4) is 0 Å². The van der Waals surface area contributed by atoms with Crippen LogP contribution in [0.4, 0.5) is 5.69 Å². The topological polar surface area (TPSA) is 44.7 Å². The van der Waals surface area contributed by atoms with Gasteiger partial charge in [-0.15, -0.1) is 0 Å². The van der Waals surface area contributed by atoms with Gasteiger partial charge in [-0.2, -0.15) is 0 Å². The van der Waals surface area contributed by atoms with Gasteiger partial charge < -0.3 is 20.1 Å². The van der Waals surface area contributed by atoms with Crippen molar-refractivity contribution in [1.82, 2.24) is 5.32 Å². The van der Waals surface area contributed by atoms with E-state index in [2.05, 4.69) is 16.3 Å². The van der Waals surface area contributed by atoms with E-state index in [-0.39, 0.29) is 6.10 Å². The maximum Gasteiger partial charge on any atom is 0.142 e. The minimum absolute atomic E-state index is 0.145. The maximum atomic E-state index is 10.3. The van der Waals surface area contributed by atoms with Gasteiger partial charge in [0.2, 0.25) is 0 Å². The van der Waals surface area contributed by atoms with Crippen LogP contribution in [-0.4, -0.2) is 43.0 Å². The molecule has 1 aromatic rings. The summed E-state index contributed by atoms with van der Waals surface area (Å²) >= 11 is 0. The Morgan fingerprint density at radius 3 is 2.84 bits per heavy atom. The van der Waals surface area contributed by atoms with Gasteiger partial charge in [0.1, 0.15) is 5.75 Å². The summed E-state index contributed by atoms with van der Waals surface area (Å²) in [5.41, 5.74) is 0.335. The lowest BCUT2D eigenvalue weighted by Crippen LogP contribution is -2.43. The number of benzene rings is 1. The van der Waals surface area contributed by atoms with Crippen LogP contribution in [0, 0.1) is 0 Å². The number of nitrogens with zero attached hydrogens (tertiary/aromatic N) is 1. The van der Waals surface area contributed by atoms with Gasteiger partial charge in [0.25, 0.3) is 0 Å². The summed E-state index contributed by atoms with van der Waals surface area (Å²) in [5.74, 6) is 0.884. The molecule has 19 heavy (non-hydrogen) atoms. The molecule has 0 aromatic heterocycles. The van der Waals surface area contributed by atoms with Crippen LogP contribution in [0.5, 0.6) is 5.75 Å². The molecule has 0 spiro atoms. The first-order valence-corrected chi connectivity index (χ1v) is 6.92. The summed E-state index contributed by atoms with van der Waals surface area (Å²) < 4.78 is 5.86. The first-order valence-electron chi connectivity index (χ1n) is 6.92. The van der Waals surface area contributed by atoms with E-state index in [1.165, 1.54) is 0 Å². The lowest BCUT2D eigenvalue weighted by atomic mass is 10.1. The third kappa shape index (κ3) is 3.85. The number of hydrogen-bond acceptors (Lipinski definition) is 4. The lowest BCUT2D eigenvalue weighted by molar-refractivity contribution is 0.0728. The second kappa shape index (κ2) is 5.80. The van der Waals surface area contributed by atoms with Gasteiger partial charge in [0.15, 0.2) is 0 Å². The molecular formula is C15H24N2O2. The summed E-state index contributed by atoms with van der Waals surface area (Å²) in [6, 6.07) is 8.03. The average Bonchev–Trinajstić information content (AvgIpc) is 2.50. The van der Waals surface area contributed by atoms with Crippen molar-refractivity contribution in [3.8, 4) is 5.75 Å². The molecule has 0 amide bonds. The van der Waals surface area contributed by atoms with Crippen molar-refractivity contribution in [2.24, 2.45) is 0 Å². The Balaban J connectivity index is 2.24. The fourth-order valence-electron chi connectivity index (χ4n) is 2.40. The Labute approximate surface area is 115 Å². The Bertz CT molecular complexity index is 418. The normalized spacial score (nSPS) is 24.4. The third-order valence-corrected chi connectivity index (χ3v) is 3.16. The summed E-state index contributed by atoms with van der Waals surface area (Å²) in [7, 11) is 0.